The van der Waals surface area contributed by atoms with Gasteiger partial charge in [-0.3, -0.25) is 9.10 Å². The Morgan fingerprint density at radius 1 is 1.16 bits per heavy atom. The first-order chi connectivity index (χ1) is 14.8. The highest BCUT2D eigenvalue weighted by atomic mass is 35.5. The molecule has 0 spiro atoms. The van der Waals surface area contributed by atoms with Gasteiger partial charge < -0.3 is 4.74 Å². The summed E-state index contributed by atoms with van der Waals surface area (Å²) in [5.74, 6) is -0.203. The normalized spacial score (nSPS) is 11.8. The maximum absolute atomic E-state index is 13.3. The minimum Gasteiger partial charge on any atom is -0.495 e. The molecular weight excluding hydrogens is 458 g/mol. The average molecular weight is 478 g/mol. The van der Waals surface area contributed by atoms with Crippen molar-refractivity contribution in [3.63, 3.8) is 0 Å². The number of methoxy groups -OCH3 is 1. The average Bonchev–Trinajstić information content (AvgIpc) is 3.31. The van der Waals surface area contributed by atoms with Gasteiger partial charge in [-0.2, -0.15) is 5.10 Å². The molecule has 3 aromatic rings. The third-order valence-corrected chi connectivity index (χ3v) is 7.33. The molecule has 0 aliphatic carbocycles. The quantitative estimate of drug-likeness (QED) is 0.390. The molecular formula is C21H20ClN3O4S2. The number of ether oxygens (including phenoxy) is 1. The van der Waals surface area contributed by atoms with Crippen molar-refractivity contribution < 1.29 is 17.9 Å². The van der Waals surface area contributed by atoms with E-state index < -0.39 is 22.5 Å². The lowest BCUT2D eigenvalue weighted by Gasteiger charge is -2.24. The van der Waals surface area contributed by atoms with Gasteiger partial charge in [0.05, 0.1) is 28.4 Å². The molecule has 0 saturated carbocycles. The lowest BCUT2D eigenvalue weighted by atomic mass is 10.3. The van der Waals surface area contributed by atoms with E-state index in [4.69, 9.17) is 16.3 Å². The van der Waals surface area contributed by atoms with Crippen LogP contribution in [0.1, 0.15) is 11.8 Å². The van der Waals surface area contributed by atoms with Crippen LogP contribution < -0.4 is 14.5 Å². The Labute approximate surface area is 190 Å². The van der Waals surface area contributed by atoms with E-state index in [0.29, 0.717) is 11.5 Å². The van der Waals surface area contributed by atoms with Crippen LogP contribution in [0.15, 0.2) is 76.0 Å². The second-order valence-electron chi connectivity index (χ2n) is 6.35. The van der Waals surface area contributed by atoms with Crippen LogP contribution >= 0.6 is 22.9 Å². The Morgan fingerprint density at radius 3 is 2.52 bits per heavy atom. The van der Waals surface area contributed by atoms with Gasteiger partial charge in [0.2, 0.25) is 0 Å². The lowest BCUT2D eigenvalue weighted by molar-refractivity contribution is -0.119. The third-order valence-electron chi connectivity index (χ3n) is 4.27. The van der Waals surface area contributed by atoms with Crippen molar-refractivity contribution in [2.24, 2.45) is 5.10 Å². The predicted molar refractivity (Wildman–Crippen MR) is 124 cm³/mol. The molecule has 2 aromatic carbocycles. The highest BCUT2D eigenvalue weighted by Crippen LogP contribution is 2.31. The third kappa shape index (κ3) is 5.43. The van der Waals surface area contributed by atoms with E-state index in [1.165, 1.54) is 42.7 Å². The number of anilines is 1. The first-order valence-electron chi connectivity index (χ1n) is 9.11. The largest absolute Gasteiger partial charge is 0.495 e. The first-order valence-corrected chi connectivity index (χ1v) is 11.8. The smallest absolute Gasteiger partial charge is 0.264 e. The van der Waals surface area contributed by atoms with Gasteiger partial charge in [0, 0.05) is 4.88 Å². The van der Waals surface area contributed by atoms with Crippen LogP contribution in [0.4, 0.5) is 5.69 Å². The van der Waals surface area contributed by atoms with E-state index in [1.807, 2.05) is 17.5 Å². The Bertz CT molecular complexity index is 1180. The highest BCUT2D eigenvalue weighted by molar-refractivity contribution is 7.92. The van der Waals surface area contributed by atoms with Gasteiger partial charge in [-0.1, -0.05) is 35.9 Å². The van der Waals surface area contributed by atoms with Crippen LogP contribution in [0.3, 0.4) is 0 Å². The fraction of sp³-hybridized carbons (Fsp3) is 0.143. The molecule has 0 bridgehead atoms. The molecule has 1 N–H and O–H groups in total. The van der Waals surface area contributed by atoms with E-state index in [2.05, 4.69) is 10.5 Å². The number of thiophene rings is 1. The van der Waals surface area contributed by atoms with Crippen LogP contribution in [0, 0.1) is 0 Å². The van der Waals surface area contributed by atoms with Gasteiger partial charge in [-0.25, -0.2) is 13.8 Å². The zero-order valence-corrected chi connectivity index (χ0v) is 19.2. The zero-order chi connectivity index (χ0) is 22.4. The van der Waals surface area contributed by atoms with Gasteiger partial charge in [-0.15, -0.1) is 11.3 Å². The van der Waals surface area contributed by atoms with Gasteiger partial charge in [0.15, 0.2) is 0 Å². The Kier molecular flexibility index (Phi) is 7.32. The molecule has 1 aromatic heterocycles. The first kappa shape index (κ1) is 22.8. The number of carbonyl (C=O) groups is 1. The maximum atomic E-state index is 13.3. The van der Waals surface area contributed by atoms with Crippen molar-refractivity contribution in [3.05, 3.63) is 75.9 Å². The second-order valence-corrected chi connectivity index (χ2v) is 9.57. The number of sulfonamides is 1. The molecule has 1 amide bonds. The van der Waals surface area contributed by atoms with Gasteiger partial charge >= 0.3 is 0 Å². The molecule has 0 atom stereocenters. The number of nitrogens with zero attached hydrogens (tertiary/aromatic N) is 2. The molecule has 0 aliphatic rings. The SMILES string of the molecule is COc1ccc(N(CC(=O)N/N=C(/C)c2cccs2)S(=O)(=O)c2ccccc2)cc1Cl. The summed E-state index contributed by atoms with van der Waals surface area (Å²) in [7, 11) is -2.58. The van der Waals surface area contributed by atoms with E-state index >= 15 is 0 Å². The predicted octanol–water partition coefficient (Wildman–Crippen LogP) is 4.15. The fourth-order valence-corrected chi connectivity index (χ4v) is 5.06. The Morgan fingerprint density at radius 2 is 1.90 bits per heavy atom. The van der Waals surface area contributed by atoms with Crippen molar-refractivity contribution in [2.45, 2.75) is 11.8 Å². The second kappa shape index (κ2) is 9.95. The molecule has 0 fully saturated rings. The van der Waals surface area contributed by atoms with Crippen molar-refractivity contribution in [3.8, 4) is 5.75 Å². The van der Waals surface area contributed by atoms with Gasteiger partial charge in [0.1, 0.15) is 12.3 Å². The molecule has 0 unspecified atom stereocenters. The number of halogens is 1. The van der Waals surface area contributed by atoms with Crippen molar-refractivity contribution in [1.82, 2.24) is 5.43 Å². The number of hydrazone groups is 1. The number of hydrogen-bond acceptors (Lipinski definition) is 6. The van der Waals surface area contributed by atoms with Crippen LogP contribution in [-0.4, -0.2) is 33.7 Å². The number of hydrogen-bond donors (Lipinski definition) is 1. The maximum Gasteiger partial charge on any atom is 0.264 e. The van der Waals surface area contributed by atoms with Crippen LogP contribution in [-0.2, 0) is 14.8 Å². The number of rotatable bonds is 8. The molecule has 0 aliphatic heterocycles. The van der Waals surface area contributed by atoms with Crippen molar-refractivity contribution in [1.29, 1.82) is 0 Å². The number of benzene rings is 2. The van der Waals surface area contributed by atoms with Crippen LogP contribution in [0.2, 0.25) is 5.02 Å². The standard InChI is InChI=1S/C21H20ClN3O4S2/c1-15(20-9-6-12-30-20)23-24-21(26)14-25(16-10-11-19(29-2)18(22)13-16)31(27,28)17-7-4-3-5-8-17/h3-13H,14H2,1-2H3,(H,24,26)/b23-15-. The van der Waals surface area contributed by atoms with Crippen LogP contribution in [0.5, 0.6) is 5.75 Å². The highest BCUT2D eigenvalue weighted by Gasteiger charge is 2.27. The van der Waals surface area contributed by atoms with E-state index in [-0.39, 0.29) is 15.6 Å². The molecule has 10 heteroatoms. The summed E-state index contributed by atoms with van der Waals surface area (Å²) in [5.41, 5.74) is 3.27. The topological polar surface area (TPSA) is 88.1 Å². The van der Waals surface area contributed by atoms with Gasteiger partial charge in [0.25, 0.3) is 15.9 Å². The minimum absolute atomic E-state index is 0.0491. The number of carbonyl (C=O) groups excluding carboxylic acids is 1. The molecule has 0 radical (unpaired) electrons. The number of nitrogens with one attached hydrogen (secondary N) is 1. The molecule has 31 heavy (non-hydrogen) atoms. The van der Waals surface area contributed by atoms with Crippen molar-refractivity contribution >= 4 is 50.3 Å². The molecule has 3 rings (SSSR count). The summed E-state index contributed by atoms with van der Waals surface area (Å²) in [4.78, 5) is 13.6. The monoisotopic (exact) mass is 477 g/mol. The molecule has 1 heterocycles. The molecule has 162 valence electrons. The fourth-order valence-electron chi connectivity index (χ4n) is 2.70. The summed E-state index contributed by atoms with van der Waals surface area (Å²) >= 11 is 7.68. The van der Waals surface area contributed by atoms with Crippen LogP contribution in [0.25, 0.3) is 0 Å². The molecule has 7 nitrogen and oxygen atoms in total. The van der Waals surface area contributed by atoms with E-state index in [9.17, 15) is 13.2 Å². The summed E-state index contributed by atoms with van der Waals surface area (Å²) in [6, 6.07) is 16.1. The van der Waals surface area contributed by atoms with E-state index in [0.717, 1.165) is 9.18 Å². The van der Waals surface area contributed by atoms with Crippen molar-refractivity contribution in [2.75, 3.05) is 18.0 Å². The Balaban J connectivity index is 1.91. The summed E-state index contributed by atoms with van der Waals surface area (Å²) in [5, 5.41) is 6.20. The summed E-state index contributed by atoms with van der Waals surface area (Å²) < 4.78 is 32.7. The zero-order valence-electron chi connectivity index (χ0n) is 16.8. The minimum atomic E-state index is -4.04. The summed E-state index contributed by atoms with van der Waals surface area (Å²) in [6.07, 6.45) is 0. The lowest BCUT2D eigenvalue weighted by Crippen LogP contribution is -2.39. The van der Waals surface area contributed by atoms with E-state index in [1.54, 1.807) is 31.2 Å². The Hall–Kier alpha value is -2.88. The van der Waals surface area contributed by atoms with Gasteiger partial charge in [-0.05, 0) is 48.7 Å². The molecule has 0 saturated heterocycles. The summed E-state index contributed by atoms with van der Waals surface area (Å²) in [6.45, 7) is 1.27. The number of amides is 1.